The van der Waals surface area contributed by atoms with Crippen LogP contribution in [0.5, 0.6) is 0 Å². The Balaban J connectivity index is 0.778. The van der Waals surface area contributed by atoms with Gasteiger partial charge in [-0.3, -0.25) is 19.3 Å². The molecule has 6 aromatic carbocycles. The SMILES string of the molecule is CCN1C(=O)C(=Nc2ncc(-c3ccc(N(c4ccc(C)cc4)c4ccc(C)c(C5C(F)CC6C(=Nc7ncc(-c8ccc(N(c9ccc(C)cc9)c9ccc(C)cc9)cc8)c8nsnc78)C(=O)C(=O)C6C5F)c4)cc3)c3nsnc23)SC1=S. The second-order valence-electron chi connectivity index (χ2n) is 21.1. The van der Waals surface area contributed by atoms with Crippen LogP contribution >= 0.6 is 47.4 Å². The lowest BCUT2D eigenvalue weighted by atomic mass is 9.69. The Labute approximate surface area is 499 Å². The van der Waals surface area contributed by atoms with Crippen LogP contribution in [-0.2, 0) is 14.4 Å². The summed E-state index contributed by atoms with van der Waals surface area (Å²) in [7, 11) is 0. The number of hydrogen-bond acceptors (Lipinski definition) is 17. The largest absolute Gasteiger partial charge is 0.311 e. The lowest BCUT2D eigenvalue weighted by Gasteiger charge is -2.38. The van der Waals surface area contributed by atoms with E-state index < -0.39 is 41.7 Å². The third-order valence-electron chi connectivity index (χ3n) is 15.9. The summed E-state index contributed by atoms with van der Waals surface area (Å²) in [4.78, 5) is 65.2. The smallest absolute Gasteiger partial charge is 0.285 e. The van der Waals surface area contributed by atoms with Gasteiger partial charge in [-0.15, -0.1) is 0 Å². The third kappa shape index (κ3) is 9.75. The number of alkyl halides is 2. The van der Waals surface area contributed by atoms with E-state index in [9.17, 15) is 14.4 Å². The van der Waals surface area contributed by atoms with Gasteiger partial charge in [-0.25, -0.2) is 28.7 Å². The molecule has 0 bridgehead atoms. The van der Waals surface area contributed by atoms with Gasteiger partial charge >= 0.3 is 0 Å². The molecule has 1 amide bonds. The number of anilines is 6. The standard InChI is InChI=1S/C64H49F2N11O3S4/c1-6-75-63(80)62(82-64(75)81)70-61-57-54(72-84-74-57)48(32-68-61)38-16-27-43(28-17-38)77(41-22-11-35(4)12-23-41)44-24-13-36(5)45(29-44)50-49(65)30-46-51(52(50)66)58(78)59(79)55(46)69-60-56-53(71-83-73-56)47(31-67-60)37-14-25-42(26-15-37)76(39-18-7-33(2)8-19-39)40-20-9-34(3)10-21-40/h7-29,31-32,46,49-52H,6,30H2,1-5H3. The van der Waals surface area contributed by atoms with Crippen molar-refractivity contribution in [2.75, 3.05) is 16.3 Å². The Kier molecular flexibility index (Phi) is 14.4. The number of carbonyl (C=O) groups excluding carboxylic acids is 3. The maximum Gasteiger partial charge on any atom is 0.285 e. The number of aliphatic imine (C=N–C) groups is 2. The number of hydrogen-bond donors (Lipinski definition) is 0. The van der Waals surface area contributed by atoms with Crippen LogP contribution in [-0.4, -0.2) is 83.8 Å². The molecule has 14 nitrogen and oxygen atoms in total. The van der Waals surface area contributed by atoms with Crippen LogP contribution in [0.3, 0.4) is 0 Å². The number of thioether (sulfide) groups is 1. The zero-order chi connectivity index (χ0) is 58.1. The summed E-state index contributed by atoms with van der Waals surface area (Å²) in [5.41, 5.74) is 14.1. The second kappa shape index (κ2) is 22.1. The number of halogens is 2. The number of carbonyl (C=O) groups is 3. The van der Waals surface area contributed by atoms with E-state index in [4.69, 9.17) is 12.2 Å². The Morgan fingerprint density at radius 1 is 0.583 bits per heavy atom. The number of fused-ring (bicyclic) bond motifs is 3. The Morgan fingerprint density at radius 3 is 1.50 bits per heavy atom. The number of amides is 1. The molecule has 5 heterocycles. The molecular formula is C64H49F2N11O3S4. The van der Waals surface area contributed by atoms with Crippen molar-refractivity contribution < 1.29 is 23.2 Å². The highest BCUT2D eigenvalue weighted by molar-refractivity contribution is 8.35. The van der Waals surface area contributed by atoms with Crippen LogP contribution < -0.4 is 9.80 Å². The normalized spacial score (nSPS) is 19.8. The second-order valence-corrected chi connectivity index (χ2v) is 23.8. The molecule has 0 spiro atoms. The monoisotopic (exact) mass is 1190 g/mol. The van der Waals surface area contributed by atoms with Crippen molar-refractivity contribution >= 4 is 148 Å². The Hall–Kier alpha value is -8.69. The van der Waals surface area contributed by atoms with E-state index in [0.29, 0.717) is 60.9 Å². The van der Waals surface area contributed by atoms with Gasteiger partial charge in [-0.1, -0.05) is 95.6 Å². The highest BCUT2D eigenvalue weighted by atomic mass is 32.2. The van der Waals surface area contributed by atoms with Gasteiger partial charge in [0.25, 0.3) is 5.91 Å². The molecule has 10 aromatic rings. The molecule has 3 aliphatic rings. The Bertz CT molecular complexity index is 4300. The van der Waals surface area contributed by atoms with Crippen molar-refractivity contribution in [1.82, 2.24) is 32.4 Å². The lowest BCUT2D eigenvalue weighted by molar-refractivity contribution is -0.136. The van der Waals surface area contributed by atoms with Gasteiger partial charge < -0.3 is 9.80 Å². The van der Waals surface area contributed by atoms with Crippen LogP contribution in [0.2, 0.25) is 0 Å². The molecule has 84 heavy (non-hydrogen) atoms. The van der Waals surface area contributed by atoms with Gasteiger partial charge in [0.2, 0.25) is 11.6 Å². The van der Waals surface area contributed by atoms with Crippen LogP contribution in [0.25, 0.3) is 44.3 Å². The Morgan fingerprint density at radius 2 is 1.02 bits per heavy atom. The fourth-order valence-corrected chi connectivity index (χ4v) is 13.8. The van der Waals surface area contributed by atoms with Gasteiger partial charge in [-0.2, -0.15) is 17.5 Å². The van der Waals surface area contributed by atoms with Crippen LogP contribution in [0, 0.1) is 39.5 Å². The van der Waals surface area contributed by atoms with E-state index in [1.54, 1.807) is 25.4 Å². The van der Waals surface area contributed by atoms with Crippen molar-refractivity contribution in [3.63, 3.8) is 0 Å². The highest BCUT2D eigenvalue weighted by Gasteiger charge is 2.58. The van der Waals surface area contributed by atoms with E-state index >= 15 is 8.78 Å². The summed E-state index contributed by atoms with van der Waals surface area (Å²) in [6.07, 6.45) is -0.885. The van der Waals surface area contributed by atoms with Crippen molar-refractivity contribution in [2.45, 2.75) is 59.3 Å². The van der Waals surface area contributed by atoms with Crippen LogP contribution in [0.15, 0.2) is 162 Å². The first kappa shape index (κ1) is 54.6. The van der Waals surface area contributed by atoms with E-state index in [2.05, 4.69) is 105 Å². The molecule has 2 saturated carbocycles. The molecule has 4 aromatic heterocycles. The van der Waals surface area contributed by atoms with Crippen LogP contribution in [0.1, 0.15) is 47.1 Å². The first-order valence-corrected chi connectivity index (χ1v) is 29.8. The fraction of sp³-hybridized carbons (Fsp3) is 0.188. The van der Waals surface area contributed by atoms with Crippen LogP contribution in [0.4, 0.5) is 54.5 Å². The average molecular weight is 1190 g/mol. The lowest BCUT2D eigenvalue weighted by Crippen LogP contribution is -2.43. The maximum atomic E-state index is 17.5. The summed E-state index contributed by atoms with van der Waals surface area (Å²) in [5.74, 6) is -5.81. The van der Waals surface area contributed by atoms with Crippen molar-refractivity contribution in [1.29, 1.82) is 0 Å². The third-order valence-corrected chi connectivity index (χ3v) is 18.2. The van der Waals surface area contributed by atoms with Gasteiger partial charge in [0.05, 0.1) is 35.1 Å². The molecule has 5 atom stereocenters. The number of aryl methyl sites for hydroxylation is 4. The number of Topliss-reactive ketones (excluding diaryl/α,β-unsaturated/α-hetero) is 2. The zero-order valence-corrected chi connectivity index (χ0v) is 49.0. The summed E-state index contributed by atoms with van der Waals surface area (Å²) < 4.78 is 53.4. The molecule has 416 valence electrons. The topological polar surface area (TPSA) is 163 Å². The maximum absolute atomic E-state index is 17.5. The molecule has 13 rings (SSSR count). The van der Waals surface area contributed by atoms with Gasteiger partial charge in [-0.05, 0) is 148 Å². The molecule has 1 aliphatic heterocycles. The fourth-order valence-electron chi connectivity index (χ4n) is 11.5. The van der Waals surface area contributed by atoms with E-state index in [0.717, 1.165) is 91.5 Å². The molecule has 0 radical (unpaired) electrons. The molecule has 0 N–H and O–H groups in total. The van der Waals surface area contributed by atoms with Gasteiger partial charge in [0.15, 0.2) is 16.7 Å². The first-order chi connectivity index (χ1) is 40.7. The number of rotatable bonds is 12. The quantitative estimate of drug-likeness (QED) is 0.0839. The van der Waals surface area contributed by atoms with E-state index in [1.807, 2.05) is 104 Å². The number of nitrogens with zero attached hydrogens (tertiary/aromatic N) is 11. The minimum Gasteiger partial charge on any atom is -0.311 e. The predicted octanol–water partition coefficient (Wildman–Crippen LogP) is 15.2. The molecule has 2 aliphatic carbocycles. The number of thiocarbonyl (C=S) groups is 1. The average Bonchev–Trinajstić information content (AvgIpc) is 3.19. The predicted molar refractivity (Wildman–Crippen MR) is 336 cm³/mol. The van der Waals surface area contributed by atoms with Gasteiger partial charge in [0, 0.05) is 76.0 Å². The van der Waals surface area contributed by atoms with Crippen molar-refractivity contribution in [3.05, 3.63) is 180 Å². The molecule has 5 unspecified atom stereocenters. The zero-order valence-electron chi connectivity index (χ0n) is 45.8. The van der Waals surface area contributed by atoms with E-state index in [1.165, 1.54) is 4.90 Å². The highest BCUT2D eigenvalue weighted by Crippen LogP contribution is 2.50. The first-order valence-electron chi connectivity index (χ1n) is 27.1. The summed E-state index contributed by atoms with van der Waals surface area (Å²) in [6, 6.07) is 45.9. The van der Waals surface area contributed by atoms with Gasteiger partial charge in [0.1, 0.15) is 38.7 Å². The van der Waals surface area contributed by atoms with E-state index in [-0.39, 0.29) is 34.7 Å². The number of pyridine rings is 2. The summed E-state index contributed by atoms with van der Waals surface area (Å²) in [6.45, 7) is 10.2. The molecule has 3 fully saturated rings. The number of benzene rings is 6. The summed E-state index contributed by atoms with van der Waals surface area (Å²) in [5, 5.41) is 0.223. The number of aromatic nitrogens is 6. The molecular weight excluding hydrogens is 1140 g/mol. The minimum atomic E-state index is -2.06. The molecule has 1 saturated heterocycles. The minimum absolute atomic E-state index is 0.0434. The number of ketones is 2. The van der Waals surface area contributed by atoms with Crippen molar-refractivity contribution in [3.8, 4) is 22.3 Å². The van der Waals surface area contributed by atoms with Crippen molar-refractivity contribution in [2.24, 2.45) is 21.8 Å². The molecule has 20 heteroatoms. The summed E-state index contributed by atoms with van der Waals surface area (Å²) >= 11 is 8.48.